The molecule has 1 atom stereocenters. The summed E-state index contributed by atoms with van der Waals surface area (Å²) < 4.78 is 10.1. The Morgan fingerprint density at radius 1 is 0.917 bits per heavy atom. The number of carbonyl (C=O) groups is 2. The number of aryl methyl sites for hydroxylation is 1. The summed E-state index contributed by atoms with van der Waals surface area (Å²) in [4.78, 5) is 24.4. The smallest absolute Gasteiger partial charge is 0.320 e. The van der Waals surface area contributed by atoms with Crippen LogP contribution in [0.5, 0.6) is 0 Å². The van der Waals surface area contributed by atoms with Gasteiger partial charge in [0.1, 0.15) is 0 Å². The molecule has 0 aromatic heterocycles. The highest BCUT2D eigenvalue weighted by Gasteiger charge is 2.35. The maximum Gasteiger partial charge on any atom is 0.320 e. The molecule has 1 aromatic rings. The molecule has 1 aromatic carbocycles. The largest absolute Gasteiger partial charge is 0.465 e. The predicted octanol–water partition coefficient (Wildman–Crippen LogP) is 4.12. The van der Waals surface area contributed by atoms with Gasteiger partial charge in [0.25, 0.3) is 0 Å². The van der Waals surface area contributed by atoms with E-state index in [0.717, 1.165) is 18.4 Å². The van der Waals surface area contributed by atoms with Crippen LogP contribution in [0.3, 0.4) is 0 Å². The average Bonchev–Trinajstić information content (AvgIpc) is 2.54. The lowest BCUT2D eigenvalue weighted by Gasteiger charge is -2.21. The van der Waals surface area contributed by atoms with Crippen molar-refractivity contribution in [2.45, 2.75) is 53.4 Å². The summed E-state index contributed by atoms with van der Waals surface area (Å²) in [5.74, 6) is -1.59. The lowest BCUT2D eigenvalue weighted by atomic mass is 9.86. The first-order chi connectivity index (χ1) is 11.4. The molecule has 0 N–H and O–H groups in total. The molecule has 1 rings (SSSR count). The molecule has 1 unspecified atom stereocenters. The molecule has 0 aliphatic rings. The Morgan fingerprint density at radius 2 is 1.42 bits per heavy atom. The predicted molar refractivity (Wildman–Crippen MR) is 94.8 cm³/mol. The standard InChI is InChI=1S/C20H30O4/c1-6-23-19(21)18(20(22)24-7-2)15(5)17-12-10-16(11-13-17)9-8-14(3)4/h10-15,18H,6-9H2,1-5H3. The minimum absolute atomic E-state index is 0.246. The summed E-state index contributed by atoms with van der Waals surface area (Å²) in [5.41, 5.74) is 2.21. The summed E-state index contributed by atoms with van der Waals surface area (Å²) in [6.07, 6.45) is 2.18. The van der Waals surface area contributed by atoms with Crippen LogP contribution >= 0.6 is 0 Å². The first-order valence-corrected chi connectivity index (χ1v) is 8.82. The van der Waals surface area contributed by atoms with Gasteiger partial charge in [-0.25, -0.2) is 0 Å². The van der Waals surface area contributed by atoms with Crippen LogP contribution in [0.25, 0.3) is 0 Å². The van der Waals surface area contributed by atoms with Crippen molar-refractivity contribution >= 4 is 11.9 Å². The molecular formula is C20H30O4. The van der Waals surface area contributed by atoms with Gasteiger partial charge in [0, 0.05) is 5.92 Å². The van der Waals surface area contributed by atoms with Crippen molar-refractivity contribution in [1.29, 1.82) is 0 Å². The lowest BCUT2D eigenvalue weighted by molar-refractivity contribution is -0.162. The van der Waals surface area contributed by atoms with Crippen LogP contribution in [-0.2, 0) is 25.5 Å². The second-order valence-corrected chi connectivity index (χ2v) is 6.44. The molecule has 134 valence electrons. The topological polar surface area (TPSA) is 52.6 Å². The summed E-state index contributed by atoms with van der Waals surface area (Å²) in [5, 5.41) is 0. The van der Waals surface area contributed by atoms with Crippen molar-refractivity contribution in [3.05, 3.63) is 35.4 Å². The van der Waals surface area contributed by atoms with Gasteiger partial charge in [-0.2, -0.15) is 0 Å². The summed E-state index contributed by atoms with van der Waals surface area (Å²) >= 11 is 0. The Morgan fingerprint density at radius 3 is 1.83 bits per heavy atom. The molecule has 24 heavy (non-hydrogen) atoms. The zero-order chi connectivity index (χ0) is 18.1. The Balaban J connectivity index is 2.90. The van der Waals surface area contributed by atoms with Crippen LogP contribution in [0.1, 0.15) is 58.1 Å². The highest BCUT2D eigenvalue weighted by Crippen LogP contribution is 2.27. The molecular weight excluding hydrogens is 304 g/mol. The fourth-order valence-electron chi connectivity index (χ4n) is 2.60. The minimum atomic E-state index is -0.925. The van der Waals surface area contributed by atoms with E-state index in [9.17, 15) is 9.59 Å². The maximum atomic E-state index is 12.2. The normalized spacial score (nSPS) is 12.3. The number of hydrogen-bond acceptors (Lipinski definition) is 4. The van der Waals surface area contributed by atoms with E-state index in [4.69, 9.17) is 9.47 Å². The quantitative estimate of drug-likeness (QED) is 0.503. The third-order valence-electron chi connectivity index (χ3n) is 4.10. The lowest BCUT2D eigenvalue weighted by Crippen LogP contribution is -2.32. The van der Waals surface area contributed by atoms with Crippen LogP contribution in [0.2, 0.25) is 0 Å². The molecule has 0 fully saturated rings. The van der Waals surface area contributed by atoms with E-state index in [1.807, 2.05) is 19.1 Å². The molecule has 0 aliphatic carbocycles. The first kappa shape index (κ1) is 20.2. The van der Waals surface area contributed by atoms with Gasteiger partial charge < -0.3 is 9.47 Å². The third kappa shape index (κ3) is 5.99. The molecule has 0 spiro atoms. The maximum absolute atomic E-state index is 12.2. The SMILES string of the molecule is CCOC(=O)C(C(=O)OCC)C(C)c1ccc(CCC(C)C)cc1. The van der Waals surface area contributed by atoms with Gasteiger partial charge in [0.05, 0.1) is 13.2 Å². The number of carbonyl (C=O) groups excluding carboxylic acids is 2. The van der Waals surface area contributed by atoms with Crippen molar-refractivity contribution in [3.63, 3.8) is 0 Å². The van der Waals surface area contributed by atoms with E-state index in [1.54, 1.807) is 13.8 Å². The van der Waals surface area contributed by atoms with Crippen molar-refractivity contribution in [2.75, 3.05) is 13.2 Å². The minimum Gasteiger partial charge on any atom is -0.465 e. The first-order valence-electron chi connectivity index (χ1n) is 8.82. The molecule has 0 amide bonds. The fraction of sp³-hybridized carbons (Fsp3) is 0.600. The highest BCUT2D eigenvalue weighted by atomic mass is 16.6. The number of rotatable bonds is 9. The molecule has 0 bridgehead atoms. The Hall–Kier alpha value is -1.84. The number of benzene rings is 1. The molecule has 0 radical (unpaired) electrons. The van der Waals surface area contributed by atoms with Gasteiger partial charge in [-0.05, 0) is 43.7 Å². The van der Waals surface area contributed by atoms with Gasteiger partial charge in [-0.15, -0.1) is 0 Å². The molecule has 4 heteroatoms. The Kier molecular flexibility index (Phi) is 8.51. The van der Waals surface area contributed by atoms with E-state index in [0.29, 0.717) is 5.92 Å². The molecule has 0 saturated heterocycles. The van der Waals surface area contributed by atoms with E-state index in [1.165, 1.54) is 5.56 Å². The van der Waals surface area contributed by atoms with E-state index >= 15 is 0 Å². The monoisotopic (exact) mass is 334 g/mol. The molecule has 0 saturated carbocycles. The van der Waals surface area contributed by atoms with Crippen LogP contribution < -0.4 is 0 Å². The van der Waals surface area contributed by atoms with Crippen molar-refractivity contribution < 1.29 is 19.1 Å². The van der Waals surface area contributed by atoms with Crippen molar-refractivity contribution in [2.24, 2.45) is 11.8 Å². The van der Waals surface area contributed by atoms with Gasteiger partial charge in [0.15, 0.2) is 5.92 Å². The van der Waals surface area contributed by atoms with Crippen molar-refractivity contribution in [1.82, 2.24) is 0 Å². The zero-order valence-corrected chi connectivity index (χ0v) is 15.5. The van der Waals surface area contributed by atoms with Crippen LogP contribution in [0.15, 0.2) is 24.3 Å². The van der Waals surface area contributed by atoms with E-state index in [-0.39, 0.29) is 19.1 Å². The number of hydrogen-bond donors (Lipinski definition) is 0. The summed E-state index contributed by atoms with van der Waals surface area (Å²) in [7, 11) is 0. The molecule has 4 nitrogen and oxygen atoms in total. The number of esters is 2. The number of ether oxygens (including phenoxy) is 2. The van der Waals surface area contributed by atoms with Gasteiger partial charge in [0.2, 0.25) is 0 Å². The zero-order valence-electron chi connectivity index (χ0n) is 15.5. The Bertz CT molecular complexity index is 501. The summed E-state index contributed by atoms with van der Waals surface area (Å²) in [6.45, 7) is 10.2. The van der Waals surface area contributed by atoms with E-state index in [2.05, 4.69) is 26.0 Å². The molecule has 0 heterocycles. The van der Waals surface area contributed by atoms with Crippen LogP contribution in [0.4, 0.5) is 0 Å². The van der Waals surface area contributed by atoms with Crippen molar-refractivity contribution in [3.8, 4) is 0 Å². The third-order valence-corrected chi connectivity index (χ3v) is 4.10. The van der Waals surface area contributed by atoms with Gasteiger partial charge in [-0.3, -0.25) is 9.59 Å². The van der Waals surface area contributed by atoms with Gasteiger partial charge >= 0.3 is 11.9 Å². The average molecular weight is 334 g/mol. The highest BCUT2D eigenvalue weighted by molar-refractivity contribution is 5.96. The second kappa shape index (κ2) is 10.1. The van der Waals surface area contributed by atoms with Crippen LogP contribution in [-0.4, -0.2) is 25.2 Å². The fourth-order valence-corrected chi connectivity index (χ4v) is 2.60. The molecule has 0 aliphatic heterocycles. The van der Waals surface area contributed by atoms with E-state index < -0.39 is 17.9 Å². The second-order valence-electron chi connectivity index (χ2n) is 6.44. The van der Waals surface area contributed by atoms with Crippen LogP contribution in [0, 0.1) is 11.8 Å². The Labute approximate surface area is 145 Å². The summed E-state index contributed by atoms with van der Waals surface area (Å²) in [6, 6.07) is 8.13. The van der Waals surface area contributed by atoms with Gasteiger partial charge in [-0.1, -0.05) is 45.0 Å².